The van der Waals surface area contributed by atoms with Gasteiger partial charge in [0.2, 0.25) is 5.91 Å². The molecule has 1 amide bonds. The van der Waals surface area contributed by atoms with Crippen LogP contribution in [0.25, 0.3) is 0 Å². The summed E-state index contributed by atoms with van der Waals surface area (Å²) in [5, 5.41) is 17.5. The van der Waals surface area contributed by atoms with Gasteiger partial charge < -0.3 is 25.4 Å². The molecule has 0 aromatic rings. The standard InChI is InChI=1S/C34H58N6O3/c1-24(22-41)40-29(16-11-25-17-20-39(21-18-25)30(42)10-7-19-38(2)3)31(32-33(35)36-23-37-34(32)40)26-12-14-28(15-13-26)43-27-8-5-4-6-9-27/h7,10,24-29,31-34,36-37,41H,4-6,8-9,12-15,17-23,35H2,1-3H3/b10-7+. The van der Waals surface area contributed by atoms with E-state index in [0.29, 0.717) is 30.7 Å². The van der Waals surface area contributed by atoms with Crippen LogP contribution in [0.1, 0.15) is 77.6 Å². The van der Waals surface area contributed by atoms with Crippen LogP contribution in [-0.4, -0.2) is 109 Å². The minimum absolute atomic E-state index is 0.00556. The summed E-state index contributed by atoms with van der Waals surface area (Å²) in [4.78, 5) is 19.1. The summed E-state index contributed by atoms with van der Waals surface area (Å²) >= 11 is 0. The molecule has 3 heterocycles. The van der Waals surface area contributed by atoms with Gasteiger partial charge >= 0.3 is 0 Å². The smallest absolute Gasteiger partial charge is 0.246 e. The second-order valence-electron chi connectivity index (χ2n) is 14.1. The van der Waals surface area contributed by atoms with Gasteiger partial charge in [0.1, 0.15) is 0 Å². The van der Waals surface area contributed by atoms with E-state index in [1.807, 2.05) is 30.0 Å². The molecule has 6 atom stereocenters. The number of nitrogens with zero attached hydrogens (tertiary/aromatic N) is 3. The average Bonchev–Trinajstić information content (AvgIpc) is 3.36. The summed E-state index contributed by atoms with van der Waals surface area (Å²) in [7, 11) is 4.01. The van der Waals surface area contributed by atoms with Crippen molar-refractivity contribution in [1.29, 1.82) is 0 Å². The van der Waals surface area contributed by atoms with Crippen LogP contribution >= 0.6 is 0 Å². The Hall–Kier alpha value is -1.51. The van der Waals surface area contributed by atoms with Crippen LogP contribution in [0.5, 0.6) is 0 Å². The van der Waals surface area contributed by atoms with Crippen molar-refractivity contribution in [3.63, 3.8) is 0 Å². The van der Waals surface area contributed by atoms with Crippen molar-refractivity contribution < 1.29 is 14.6 Å². The molecule has 2 saturated carbocycles. The topological polar surface area (TPSA) is 106 Å². The number of ether oxygens (including phenoxy) is 1. The second kappa shape index (κ2) is 15.7. The monoisotopic (exact) mass is 598 g/mol. The van der Waals surface area contributed by atoms with Gasteiger partial charge in [-0.15, -0.1) is 0 Å². The third kappa shape index (κ3) is 8.21. The molecule has 0 spiro atoms. The lowest BCUT2D eigenvalue weighted by atomic mass is 9.70. The maximum atomic E-state index is 12.7. The minimum Gasteiger partial charge on any atom is -0.395 e. The van der Waals surface area contributed by atoms with Crippen LogP contribution in [0.4, 0.5) is 0 Å². The van der Waals surface area contributed by atoms with Crippen molar-refractivity contribution in [2.24, 2.45) is 29.4 Å². The van der Waals surface area contributed by atoms with E-state index in [2.05, 4.69) is 34.3 Å². The number of amides is 1. The van der Waals surface area contributed by atoms with Crippen LogP contribution in [0, 0.1) is 35.5 Å². The highest BCUT2D eigenvalue weighted by Gasteiger charge is 2.55. The number of aliphatic hydroxyl groups is 1. The van der Waals surface area contributed by atoms with Gasteiger partial charge in [0.05, 0.1) is 37.2 Å². The summed E-state index contributed by atoms with van der Waals surface area (Å²) in [5.74, 6) is 8.98. The Morgan fingerprint density at radius 1 is 1.00 bits per heavy atom. The number of hydrogen-bond donors (Lipinski definition) is 4. The molecule has 5 aliphatic rings. The maximum Gasteiger partial charge on any atom is 0.246 e. The zero-order valence-corrected chi connectivity index (χ0v) is 26.9. The van der Waals surface area contributed by atoms with Crippen molar-refractivity contribution in [3.05, 3.63) is 12.2 Å². The van der Waals surface area contributed by atoms with Gasteiger partial charge in [0.15, 0.2) is 0 Å². The number of carbonyl (C=O) groups excluding carboxylic acids is 1. The first-order chi connectivity index (χ1) is 20.9. The van der Waals surface area contributed by atoms with Crippen LogP contribution in [-0.2, 0) is 9.53 Å². The molecule has 3 aliphatic heterocycles. The Morgan fingerprint density at radius 3 is 2.37 bits per heavy atom. The number of hydrogen-bond acceptors (Lipinski definition) is 8. The predicted molar refractivity (Wildman–Crippen MR) is 171 cm³/mol. The number of carbonyl (C=O) groups is 1. The highest BCUT2D eigenvalue weighted by Crippen LogP contribution is 2.47. The Morgan fingerprint density at radius 2 is 1.70 bits per heavy atom. The van der Waals surface area contributed by atoms with Gasteiger partial charge in [-0.05, 0) is 84.2 Å². The average molecular weight is 599 g/mol. The molecule has 0 radical (unpaired) electrons. The molecule has 5 fully saturated rings. The molecule has 3 saturated heterocycles. The number of likely N-dealkylation sites (N-methyl/N-ethyl adjacent to an activating group) is 1. The van der Waals surface area contributed by atoms with Crippen molar-refractivity contribution in [2.45, 2.75) is 114 Å². The molecule has 5 rings (SSSR count). The maximum absolute atomic E-state index is 12.7. The zero-order chi connectivity index (χ0) is 30.3. The minimum atomic E-state index is -0.0949. The van der Waals surface area contributed by atoms with Gasteiger partial charge in [-0.2, -0.15) is 0 Å². The first kappa shape index (κ1) is 32.9. The number of aliphatic hydroxyl groups excluding tert-OH is 1. The lowest BCUT2D eigenvalue weighted by Crippen LogP contribution is -2.64. The highest BCUT2D eigenvalue weighted by atomic mass is 16.5. The SMILES string of the molecule is CC(CO)N1C(C#CC2CCN(C(=O)/C=C/CN(C)C)CC2)C(C2CCC(OC3CCCCC3)CC2)C2C(N)NCNC21. The number of rotatable bonds is 8. The van der Waals surface area contributed by atoms with E-state index in [-0.39, 0.29) is 48.8 Å². The fourth-order valence-electron chi connectivity index (χ4n) is 8.47. The molecule has 9 nitrogen and oxygen atoms in total. The van der Waals surface area contributed by atoms with Crippen molar-refractivity contribution in [3.8, 4) is 11.8 Å². The van der Waals surface area contributed by atoms with Crippen LogP contribution in [0.2, 0.25) is 0 Å². The molecule has 0 aromatic carbocycles. The Bertz CT molecular complexity index is 974. The molecule has 242 valence electrons. The number of likely N-dealkylation sites (tertiary alicyclic amines) is 2. The molecular weight excluding hydrogens is 540 g/mol. The van der Waals surface area contributed by atoms with Crippen molar-refractivity contribution in [1.82, 2.24) is 25.3 Å². The second-order valence-corrected chi connectivity index (χ2v) is 14.1. The highest BCUT2D eigenvalue weighted by molar-refractivity contribution is 5.87. The molecular formula is C34H58N6O3. The summed E-state index contributed by atoms with van der Waals surface area (Å²) in [6.07, 6.45) is 17.3. The molecule has 6 unspecified atom stereocenters. The Labute approximate surface area is 260 Å². The molecule has 0 bridgehead atoms. The van der Waals surface area contributed by atoms with E-state index >= 15 is 0 Å². The lowest BCUT2D eigenvalue weighted by molar-refractivity contribution is -0.127. The van der Waals surface area contributed by atoms with E-state index in [0.717, 1.165) is 58.2 Å². The summed E-state index contributed by atoms with van der Waals surface area (Å²) < 4.78 is 6.60. The number of fused-ring (bicyclic) bond motifs is 1. The number of nitrogens with two attached hydrogens (primary N) is 1. The van der Waals surface area contributed by atoms with E-state index < -0.39 is 0 Å². The van der Waals surface area contributed by atoms with E-state index in [1.54, 1.807) is 6.08 Å². The fraction of sp³-hybridized carbons (Fsp3) is 0.853. The van der Waals surface area contributed by atoms with Crippen LogP contribution < -0.4 is 16.4 Å². The van der Waals surface area contributed by atoms with E-state index in [9.17, 15) is 9.90 Å². The van der Waals surface area contributed by atoms with Gasteiger partial charge in [0.25, 0.3) is 0 Å². The summed E-state index contributed by atoms with van der Waals surface area (Å²) in [6, 6.07) is 0.0408. The molecule has 0 aromatic heterocycles. The quantitative estimate of drug-likeness (QED) is 0.249. The molecule has 2 aliphatic carbocycles. The van der Waals surface area contributed by atoms with Crippen LogP contribution in [0.3, 0.4) is 0 Å². The lowest BCUT2D eigenvalue weighted by Gasteiger charge is -2.41. The van der Waals surface area contributed by atoms with Gasteiger partial charge in [-0.1, -0.05) is 37.2 Å². The van der Waals surface area contributed by atoms with Crippen molar-refractivity contribution in [2.75, 3.05) is 47.0 Å². The molecule has 9 heteroatoms. The number of nitrogens with one attached hydrogen (secondary N) is 2. The molecule has 43 heavy (non-hydrogen) atoms. The van der Waals surface area contributed by atoms with Gasteiger partial charge in [0, 0.05) is 50.3 Å². The summed E-state index contributed by atoms with van der Waals surface area (Å²) in [5.41, 5.74) is 6.81. The first-order valence-electron chi connectivity index (χ1n) is 17.2. The van der Waals surface area contributed by atoms with Crippen molar-refractivity contribution >= 4 is 5.91 Å². The van der Waals surface area contributed by atoms with Crippen LogP contribution in [0.15, 0.2) is 12.2 Å². The largest absolute Gasteiger partial charge is 0.395 e. The Kier molecular flexibility index (Phi) is 12.0. The van der Waals surface area contributed by atoms with E-state index in [4.69, 9.17) is 10.5 Å². The van der Waals surface area contributed by atoms with Gasteiger partial charge in [-0.25, -0.2) is 0 Å². The third-order valence-corrected chi connectivity index (χ3v) is 10.8. The number of piperidine rings is 1. The first-order valence-corrected chi connectivity index (χ1v) is 17.2. The zero-order valence-electron chi connectivity index (χ0n) is 26.9. The third-order valence-electron chi connectivity index (χ3n) is 10.8. The fourth-order valence-corrected chi connectivity index (χ4v) is 8.47. The normalized spacial score (nSPS) is 35.6. The van der Waals surface area contributed by atoms with Gasteiger partial charge in [-0.3, -0.25) is 20.3 Å². The molecule has 5 N–H and O–H groups in total. The predicted octanol–water partition coefficient (Wildman–Crippen LogP) is 2.31. The summed E-state index contributed by atoms with van der Waals surface area (Å²) in [6.45, 7) is 5.16. The van der Waals surface area contributed by atoms with E-state index in [1.165, 1.54) is 32.1 Å². The Balaban J connectivity index is 1.27.